The van der Waals surface area contributed by atoms with Crippen LogP contribution in [0.1, 0.15) is 11.4 Å². The first-order valence-electron chi connectivity index (χ1n) is 8.35. The molecule has 2 aromatic carbocycles. The Balaban J connectivity index is 1.57. The summed E-state index contributed by atoms with van der Waals surface area (Å²) in [4.78, 5) is 12.1. The molecule has 0 bridgehead atoms. The number of aromatic nitrogens is 3. The van der Waals surface area contributed by atoms with E-state index >= 15 is 0 Å². The minimum absolute atomic E-state index is 0.0399. The molecule has 3 rings (SSSR count). The summed E-state index contributed by atoms with van der Waals surface area (Å²) in [6.07, 6.45) is 0.619. The molecule has 1 N–H and O–H groups in total. The summed E-state index contributed by atoms with van der Waals surface area (Å²) in [6, 6.07) is 11.8. The summed E-state index contributed by atoms with van der Waals surface area (Å²) in [5.74, 6) is 0.957. The van der Waals surface area contributed by atoms with Gasteiger partial charge in [-0.2, -0.15) is 0 Å². The molecule has 0 atom stereocenters. The van der Waals surface area contributed by atoms with Gasteiger partial charge in [-0.3, -0.25) is 4.79 Å². The van der Waals surface area contributed by atoms with Crippen LogP contribution >= 0.6 is 23.4 Å². The van der Waals surface area contributed by atoms with Gasteiger partial charge in [-0.05, 0) is 35.9 Å². The lowest BCUT2D eigenvalue weighted by molar-refractivity contribution is -0.113. The zero-order valence-electron chi connectivity index (χ0n) is 15.3. The van der Waals surface area contributed by atoms with Crippen LogP contribution in [-0.2, 0) is 18.3 Å². The van der Waals surface area contributed by atoms with Gasteiger partial charge in [0.15, 0.2) is 5.16 Å². The molecule has 0 aliphatic rings. The molecule has 3 aromatic rings. The SMILES string of the molecule is COc1ccc(Cc2nnc(SCC(=O)Nc3ccc(F)c(Cl)c3)n2C)cc1. The monoisotopic (exact) mass is 420 g/mol. The number of hydrogen-bond donors (Lipinski definition) is 1. The minimum atomic E-state index is -0.530. The Morgan fingerprint density at radius 2 is 2.00 bits per heavy atom. The van der Waals surface area contributed by atoms with Crippen LogP contribution in [0.4, 0.5) is 10.1 Å². The van der Waals surface area contributed by atoms with Crippen molar-refractivity contribution in [3.63, 3.8) is 0 Å². The number of anilines is 1. The van der Waals surface area contributed by atoms with Crippen molar-refractivity contribution in [1.82, 2.24) is 14.8 Å². The summed E-state index contributed by atoms with van der Waals surface area (Å²) in [5, 5.41) is 11.6. The second kappa shape index (κ2) is 9.07. The summed E-state index contributed by atoms with van der Waals surface area (Å²) >= 11 is 6.99. The number of ether oxygens (including phenoxy) is 1. The van der Waals surface area contributed by atoms with E-state index in [1.807, 2.05) is 35.9 Å². The fourth-order valence-corrected chi connectivity index (χ4v) is 3.36. The second-order valence-corrected chi connectivity index (χ2v) is 7.30. The number of hydrogen-bond acceptors (Lipinski definition) is 5. The first-order valence-corrected chi connectivity index (χ1v) is 9.71. The molecule has 0 saturated heterocycles. The van der Waals surface area contributed by atoms with E-state index in [0.29, 0.717) is 17.3 Å². The lowest BCUT2D eigenvalue weighted by atomic mass is 10.1. The Morgan fingerprint density at radius 1 is 1.25 bits per heavy atom. The first kappa shape index (κ1) is 20.2. The van der Waals surface area contributed by atoms with Crippen molar-refractivity contribution in [2.24, 2.45) is 7.05 Å². The van der Waals surface area contributed by atoms with Crippen LogP contribution in [-0.4, -0.2) is 33.5 Å². The molecule has 1 aromatic heterocycles. The smallest absolute Gasteiger partial charge is 0.234 e. The zero-order chi connectivity index (χ0) is 20.1. The molecule has 146 valence electrons. The Hall–Kier alpha value is -2.58. The number of halogens is 2. The number of rotatable bonds is 7. The average molecular weight is 421 g/mol. The molecule has 9 heteroatoms. The summed E-state index contributed by atoms with van der Waals surface area (Å²) in [5.41, 5.74) is 1.52. The van der Waals surface area contributed by atoms with Gasteiger partial charge in [0.1, 0.15) is 17.4 Å². The highest BCUT2D eigenvalue weighted by Gasteiger charge is 2.13. The van der Waals surface area contributed by atoms with E-state index in [-0.39, 0.29) is 16.7 Å². The number of carbonyl (C=O) groups is 1. The highest BCUT2D eigenvalue weighted by Crippen LogP contribution is 2.21. The van der Waals surface area contributed by atoms with Gasteiger partial charge in [-0.15, -0.1) is 10.2 Å². The summed E-state index contributed by atoms with van der Waals surface area (Å²) < 4.78 is 20.2. The van der Waals surface area contributed by atoms with Crippen LogP contribution in [0.25, 0.3) is 0 Å². The molecular formula is C19H18ClFN4O2S. The molecule has 28 heavy (non-hydrogen) atoms. The van der Waals surface area contributed by atoms with E-state index in [0.717, 1.165) is 17.1 Å². The van der Waals surface area contributed by atoms with Crippen LogP contribution in [0.15, 0.2) is 47.6 Å². The molecule has 0 fully saturated rings. The topological polar surface area (TPSA) is 69.0 Å². The molecule has 0 unspecified atom stereocenters. The number of methoxy groups -OCH3 is 1. The normalized spacial score (nSPS) is 10.7. The van der Waals surface area contributed by atoms with Crippen molar-refractivity contribution in [3.05, 3.63) is 64.7 Å². The number of benzene rings is 2. The van der Waals surface area contributed by atoms with Crippen LogP contribution in [0.3, 0.4) is 0 Å². The van der Waals surface area contributed by atoms with Crippen molar-refractivity contribution in [2.45, 2.75) is 11.6 Å². The highest BCUT2D eigenvalue weighted by atomic mass is 35.5. The summed E-state index contributed by atoms with van der Waals surface area (Å²) in [6.45, 7) is 0. The third-order valence-corrected chi connectivity index (χ3v) is 5.29. The average Bonchev–Trinajstić information content (AvgIpc) is 3.03. The lowest BCUT2D eigenvalue weighted by Gasteiger charge is -2.07. The van der Waals surface area contributed by atoms with Crippen molar-refractivity contribution in [3.8, 4) is 5.75 Å². The Labute approximate surface area is 171 Å². The van der Waals surface area contributed by atoms with E-state index in [4.69, 9.17) is 16.3 Å². The Kier molecular flexibility index (Phi) is 6.53. The fourth-order valence-electron chi connectivity index (χ4n) is 2.45. The zero-order valence-corrected chi connectivity index (χ0v) is 16.9. The van der Waals surface area contributed by atoms with Gasteiger partial charge in [-0.25, -0.2) is 4.39 Å². The number of amides is 1. The molecule has 0 saturated carbocycles. The molecule has 1 heterocycles. The van der Waals surface area contributed by atoms with Crippen LogP contribution in [0.2, 0.25) is 5.02 Å². The van der Waals surface area contributed by atoms with E-state index in [9.17, 15) is 9.18 Å². The van der Waals surface area contributed by atoms with Crippen molar-refractivity contribution >= 4 is 35.0 Å². The molecule has 0 spiro atoms. The Morgan fingerprint density at radius 3 is 2.68 bits per heavy atom. The van der Waals surface area contributed by atoms with Gasteiger partial charge >= 0.3 is 0 Å². The maximum atomic E-state index is 13.2. The second-order valence-electron chi connectivity index (χ2n) is 5.95. The van der Waals surface area contributed by atoms with Crippen molar-refractivity contribution < 1.29 is 13.9 Å². The van der Waals surface area contributed by atoms with Gasteiger partial charge in [-0.1, -0.05) is 35.5 Å². The predicted molar refractivity (Wildman–Crippen MR) is 108 cm³/mol. The third-order valence-electron chi connectivity index (χ3n) is 3.98. The molecule has 6 nitrogen and oxygen atoms in total. The van der Waals surface area contributed by atoms with Crippen molar-refractivity contribution in [2.75, 3.05) is 18.2 Å². The largest absolute Gasteiger partial charge is 0.497 e. The molecular weight excluding hydrogens is 403 g/mol. The van der Waals surface area contributed by atoms with E-state index in [1.54, 1.807) is 7.11 Å². The van der Waals surface area contributed by atoms with Gasteiger partial charge in [0.25, 0.3) is 0 Å². The van der Waals surface area contributed by atoms with Gasteiger partial charge in [0.05, 0.1) is 17.9 Å². The third kappa shape index (κ3) is 5.02. The number of carbonyl (C=O) groups excluding carboxylic acids is 1. The van der Waals surface area contributed by atoms with Gasteiger partial charge in [0, 0.05) is 19.2 Å². The summed E-state index contributed by atoms with van der Waals surface area (Å²) in [7, 11) is 3.49. The van der Waals surface area contributed by atoms with E-state index in [1.165, 1.54) is 30.0 Å². The first-order chi connectivity index (χ1) is 13.5. The quantitative estimate of drug-likeness (QED) is 0.586. The fraction of sp³-hybridized carbons (Fsp3) is 0.211. The Bertz CT molecular complexity index is 979. The lowest BCUT2D eigenvalue weighted by Crippen LogP contribution is -2.14. The van der Waals surface area contributed by atoms with E-state index < -0.39 is 5.82 Å². The van der Waals surface area contributed by atoms with Crippen LogP contribution in [0.5, 0.6) is 5.75 Å². The van der Waals surface area contributed by atoms with Gasteiger partial charge in [0.2, 0.25) is 5.91 Å². The standard InChI is InChI=1S/C19H18ClFN4O2S/c1-25-17(9-12-3-6-14(27-2)7-4-12)23-24-19(25)28-11-18(26)22-13-5-8-16(21)15(20)10-13/h3-8,10H,9,11H2,1-2H3,(H,22,26). The van der Waals surface area contributed by atoms with Crippen LogP contribution in [0, 0.1) is 5.82 Å². The van der Waals surface area contributed by atoms with Crippen LogP contribution < -0.4 is 10.1 Å². The number of thioether (sulfide) groups is 1. The number of nitrogens with one attached hydrogen (secondary N) is 1. The van der Waals surface area contributed by atoms with Gasteiger partial charge < -0.3 is 14.6 Å². The molecule has 0 aliphatic heterocycles. The predicted octanol–water partition coefficient (Wildman–Crippen LogP) is 3.94. The molecule has 0 aliphatic carbocycles. The maximum Gasteiger partial charge on any atom is 0.234 e. The highest BCUT2D eigenvalue weighted by molar-refractivity contribution is 7.99. The van der Waals surface area contributed by atoms with Crippen molar-refractivity contribution in [1.29, 1.82) is 0 Å². The maximum absolute atomic E-state index is 13.2. The minimum Gasteiger partial charge on any atom is -0.497 e. The molecule has 1 amide bonds. The molecule has 0 radical (unpaired) electrons. The van der Waals surface area contributed by atoms with E-state index in [2.05, 4.69) is 15.5 Å². The number of nitrogens with zero attached hydrogens (tertiary/aromatic N) is 3.